The lowest BCUT2D eigenvalue weighted by molar-refractivity contribution is 0.107. The van der Waals surface area contributed by atoms with E-state index in [-0.39, 0.29) is 5.54 Å². The molecular formula is C13H23NO. The molecule has 0 heterocycles. The summed E-state index contributed by atoms with van der Waals surface area (Å²) in [5.74, 6) is 0. The van der Waals surface area contributed by atoms with Gasteiger partial charge in [0, 0.05) is 5.54 Å². The number of rotatable bonds is 2. The molecule has 0 saturated carbocycles. The Bertz CT molecular complexity index is 251. The maximum atomic E-state index is 9.75. The van der Waals surface area contributed by atoms with E-state index < -0.39 is 6.23 Å². The molecule has 2 heteroatoms. The van der Waals surface area contributed by atoms with Crippen LogP contribution in [0.3, 0.4) is 0 Å². The Kier molecular flexibility index (Phi) is 6.21. The fourth-order valence-corrected chi connectivity index (χ4v) is 1.13. The van der Waals surface area contributed by atoms with Gasteiger partial charge in [0.1, 0.15) is 6.23 Å². The molecule has 2 N–H and O–H groups in total. The van der Waals surface area contributed by atoms with E-state index in [0.29, 0.717) is 0 Å². The maximum absolute atomic E-state index is 9.75. The summed E-state index contributed by atoms with van der Waals surface area (Å²) in [4.78, 5) is 0. The van der Waals surface area contributed by atoms with E-state index in [1.807, 2.05) is 65.0 Å². The second-order valence-electron chi connectivity index (χ2n) is 4.21. The van der Waals surface area contributed by atoms with Gasteiger partial charge in [-0.2, -0.15) is 0 Å². The molecule has 0 fully saturated rings. The van der Waals surface area contributed by atoms with E-state index in [4.69, 9.17) is 0 Å². The summed E-state index contributed by atoms with van der Waals surface area (Å²) in [5.41, 5.74) is 0.826. The van der Waals surface area contributed by atoms with Crippen LogP contribution in [0.4, 0.5) is 0 Å². The summed E-state index contributed by atoms with van der Waals surface area (Å²) in [6, 6.07) is 9.59. The predicted molar refractivity (Wildman–Crippen MR) is 65.6 cm³/mol. The van der Waals surface area contributed by atoms with E-state index in [0.717, 1.165) is 5.56 Å². The molecule has 1 rings (SSSR count). The van der Waals surface area contributed by atoms with Crippen molar-refractivity contribution in [2.75, 3.05) is 0 Å². The number of hydrogen-bond acceptors (Lipinski definition) is 2. The number of hydrogen-bond donors (Lipinski definition) is 2. The van der Waals surface area contributed by atoms with E-state index in [1.165, 1.54) is 0 Å². The quantitative estimate of drug-likeness (QED) is 0.734. The zero-order chi connectivity index (χ0) is 11.9. The SMILES string of the molecule is CC.CC(C)(C)NC(O)c1ccccc1. The van der Waals surface area contributed by atoms with Crippen LogP contribution in [-0.4, -0.2) is 10.6 Å². The maximum Gasteiger partial charge on any atom is 0.131 e. The largest absolute Gasteiger partial charge is 0.374 e. The van der Waals surface area contributed by atoms with Gasteiger partial charge in [-0.1, -0.05) is 44.2 Å². The first-order valence-corrected chi connectivity index (χ1v) is 5.50. The van der Waals surface area contributed by atoms with Crippen molar-refractivity contribution in [1.82, 2.24) is 5.32 Å². The topological polar surface area (TPSA) is 32.3 Å². The first-order valence-electron chi connectivity index (χ1n) is 5.50. The summed E-state index contributed by atoms with van der Waals surface area (Å²) >= 11 is 0. The molecule has 0 saturated heterocycles. The van der Waals surface area contributed by atoms with E-state index in [1.54, 1.807) is 0 Å². The smallest absolute Gasteiger partial charge is 0.131 e. The van der Waals surface area contributed by atoms with Crippen molar-refractivity contribution in [1.29, 1.82) is 0 Å². The van der Waals surface area contributed by atoms with Crippen molar-refractivity contribution in [2.24, 2.45) is 0 Å². The minimum absolute atomic E-state index is 0.0741. The Labute approximate surface area is 93.3 Å². The highest BCUT2D eigenvalue weighted by Crippen LogP contribution is 2.12. The second-order valence-corrected chi connectivity index (χ2v) is 4.21. The standard InChI is InChI=1S/C11H17NO.C2H6/c1-11(2,3)12-10(13)9-7-5-4-6-8-9;1-2/h4-8,10,12-13H,1-3H3;1-2H3. The third-order valence-electron chi connectivity index (χ3n) is 1.69. The van der Waals surface area contributed by atoms with E-state index in [2.05, 4.69) is 5.32 Å². The van der Waals surface area contributed by atoms with Crippen molar-refractivity contribution in [2.45, 2.75) is 46.4 Å². The second kappa shape index (κ2) is 6.59. The minimum Gasteiger partial charge on any atom is -0.374 e. The summed E-state index contributed by atoms with van der Waals surface area (Å²) in [7, 11) is 0. The summed E-state index contributed by atoms with van der Waals surface area (Å²) < 4.78 is 0. The average molecular weight is 209 g/mol. The molecule has 86 valence electrons. The summed E-state index contributed by atoms with van der Waals surface area (Å²) in [6.45, 7) is 10.1. The van der Waals surface area contributed by atoms with E-state index >= 15 is 0 Å². The Morgan fingerprint density at radius 1 is 1.07 bits per heavy atom. The zero-order valence-electron chi connectivity index (χ0n) is 10.4. The lowest BCUT2D eigenvalue weighted by Crippen LogP contribution is -2.38. The number of aliphatic hydroxyl groups is 1. The van der Waals surface area contributed by atoms with Crippen LogP contribution >= 0.6 is 0 Å². The molecule has 15 heavy (non-hydrogen) atoms. The van der Waals surface area contributed by atoms with Crippen LogP contribution in [-0.2, 0) is 0 Å². The average Bonchev–Trinajstić information content (AvgIpc) is 2.20. The fourth-order valence-electron chi connectivity index (χ4n) is 1.13. The van der Waals surface area contributed by atoms with Gasteiger partial charge in [-0.25, -0.2) is 0 Å². The van der Waals surface area contributed by atoms with E-state index in [9.17, 15) is 5.11 Å². The molecule has 1 unspecified atom stereocenters. The van der Waals surface area contributed by atoms with Crippen LogP contribution in [0.25, 0.3) is 0 Å². The van der Waals surface area contributed by atoms with Gasteiger partial charge in [0.15, 0.2) is 0 Å². The number of nitrogens with one attached hydrogen (secondary N) is 1. The normalized spacial score (nSPS) is 12.7. The van der Waals surface area contributed by atoms with Crippen LogP contribution in [0.5, 0.6) is 0 Å². The fraction of sp³-hybridized carbons (Fsp3) is 0.538. The Morgan fingerprint density at radius 2 is 1.53 bits per heavy atom. The van der Waals surface area contributed by atoms with Crippen molar-refractivity contribution in [3.05, 3.63) is 35.9 Å². The predicted octanol–water partition coefficient (Wildman–Crippen LogP) is 3.09. The van der Waals surface area contributed by atoms with Gasteiger partial charge in [-0.05, 0) is 26.3 Å². The molecule has 0 amide bonds. The zero-order valence-corrected chi connectivity index (χ0v) is 10.4. The molecule has 0 radical (unpaired) electrons. The first kappa shape index (κ1) is 14.1. The molecule has 0 spiro atoms. The van der Waals surface area contributed by atoms with Crippen LogP contribution in [0, 0.1) is 0 Å². The Hall–Kier alpha value is -0.860. The van der Waals surface area contributed by atoms with Gasteiger partial charge < -0.3 is 5.11 Å². The molecule has 2 nitrogen and oxygen atoms in total. The summed E-state index contributed by atoms with van der Waals surface area (Å²) in [6.07, 6.45) is -0.582. The number of benzene rings is 1. The molecule has 1 atom stereocenters. The van der Waals surface area contributed by atoms with Gasteiger partial charge in [0.2, 0.25) is 0 Å². The molecule has 1 aromatic rings. The van der Waals surface area contributed by atoms with Crippen molar-refractivity contribution in [3.8, 4) is 0 Å². The van der Waals surface area contributed by atoms with Crippen LogP contribution in [0.1, 0.15) is 46.4 Å². The lowest BCUT2D eigenvalue weighted by Gasteiger charge is -2.25. The van der Waals surface area contributed by atoms with Crippen LogP contribution in [0.15, 0.2) is 30.3 Å². The monoisotopic (exact) mass is 209 g/mol. The highest BCUT2D eigenvalue weighted by atomic mass is 16.3. The van der Waals surface area contributed by atoms with Gasteiger partial charge in [0.05, 0.1) is 0 Å². The molecule has 0 aliphatic rings. The third-order valence-corrected chi connectivity index (χ3v) is 1.69. The molecule has 1 aromatic carbocycles. The Balaban J connectivity index is 0.000000921. The Morgan fingerprint density at radius 3 is 1.93 bits per heavy atom. The van der Waals surface area contributed by atoms with Gasteiger partial charge in [0.25, 0.3) is 0 Å². The van der Waals surface area contributed by atoms with Crippen molar-refractivity contribution in [3.63, 3.8) is 0 Å². The van der Waals surface area contributed by atoms with Crippen LogP contribution < -0.4 is 5.32 Å². The van der Waals surface area contributed by atoms with Gasteiger partial charge in [-0.3, -0.25) is 5.32 Å². The highest BCUT2D eigenvalue weighted by Gasteiger charge is 2.15. The molecule has 0 aliphatic carbocycles. The lowest BCUT2D eigenvalue weighted by atomic mass is 10.1. The molecular weight excluding hydrogens is 186 g/mol. The van der Waals surface area contributed by atoms with Gasteiger partial charge in [-0.15, -0.1) is 0 Å². The molecule has 0 bridgehead atoms. The first-order chi connectivity index (χ1) is 6.99. The van der Waals surface area contributed by atoms with Crippen LogP contribution in [0.2, 0.25) is 0 Å². The molecule has 0 aromatic heterocycles. The molecule has 0 aliphatic heterocycles. The van der Waals surface area contributed by atoms with Crippen molar-refractivity contribution < 1.29 is 5.11 Å². The highest BCUT2D eigenvalue weighted by molar-refractivity contribution is 5.16. The minimum atomic E-state index is -0.582. The third kappa shape index (κ3) is 6.26. The van der Waals surface area contributed by atoms with Gasteiger partial charge >= 0.3 is 0 Å². The van der Waals surface area contributed by atoms with Crippen molar-refractivity contribution >= 4 is 0 Å². The number of aliphatic hydroxyl groups excluding tert-OH is 1. The summed E-state index contributed by atoms with van der Waals surface area (Å²) in [5, 5.41) is 12.8.